The lowest BCUT2D eigenvalue weighted by atomic mass is 9.91. The molecule has 1 saturated heterocycles. The van der Waals surface area contributed by atoms with Crippen molar-refractivity contribution < 1.29 is 18.0 Å². The Bertz CT molecular complexity index is 895. The van der Waals surface area contributed by atoms with E-state index in [0.717, 1.165) is 23.1 Å². The highest BCUT2D eigenvalue weighted by Crippen LogP contribution is 2.30. The Morgan fingerprint density at radius 1 is 1.07 bits per heavy atom. The van der Waals surface area contributed by atoms with Crippen molar-refractivity contribution >= 4 is 5.91 Å². The molecule has 7 heteroatoms. The summed E-state index contributed by atoms with van der Waals surface area (Å²) in [5, 5.41) is 0. The maximum Gasteiger partial charge on any atom is 0.416 e. The smallest absolute Gasteiger partial charge is 0.338 e. The van der Waals surface area contributed by atoms with E-state index in [1.165, 1.54) is 30.5 Å². The molecule has 1 amide bonds. The Labute approximate surface area is 155 Å². The minimum absolute atomic E-state index is 0.0739. The van der Waals surface area contributed by atoms with Gasteiger partial charge in [0.15, 0.2) is 0 Å². The van der Waals surface area contributed by atoms with E-state index in [9.17, 15) is 22.8 Å². The monoisotopic (exact) mass is 378 g/mol. The van der Waals surface area contributed by atoms with Crippen molar-refractivity contribution in [2.24, 2.45) is 11.8 Å². The summed E-state index contributed by atoms with van der Waals surface area (Å²) in [6.45, 7) is 5.43. The van der Waals surface area contributed by atoms with E-state index in [1.54, 1.807) is 4.90 Å². The lowest BCUT2D eigenvalue weighted by Crippen LogP contribution is -2.42. The lowest BCUT2D eigenvalue weighted by Gasteiger charge is -2.35. The highest BCUT2D eigenvalue weighted by molar-refractivity contribution is 5.94. The van der Waals surface area contributed by atoms with E-state index < -0.39 is 17.3 Å². The number of nitrogens with zero attached hydrogens (tertiary/aromatic N) is 2. The number of hydrogen-bond acceptors (Lipinski definition) is 2. The van der Waals surface area contributed by atoms with Gasteiger partial charge in [-0.05, 0) is 42.5 Å². The highest BCUT2D eigenvalue weighted by atomic mass is 19.4. The first-order valence-electron chi connectivity index (χ1n) is 8.85. The predicted molar refractivity (Wildman–Crippen MR) is 95.9 cm³/mol. The van der Waals surface area contributed by atoms with Gasteiger partial charge in [-0.3, -0.25) is 14.2 Å². The van der Waals surface area contributed by atoms with Crippen LogP contribution in [0.15, 0.2) is 47.4 Å². The average molecular weight is 378 g/mol. The molecule has 27 heavy (non-hydrogen) atoms. The quantitative estimate of drug-likeness (QED) is 0.794. The summed E-state index contributed by atoms with van der Waals surface area (Å²) in [6.07, 6.45) is -2.13. The standard InChI is InChI=1S/C20H21F3N2O2/c1-13-8-14(2)11-24(10-13)19(27)15-6-7-18(26)25(12-15)17-5-3-4-16(9-17)20(21,22)23/h3-7,9,12-14H,8,10-11H2,1-2H3. The van der Waals surface area contributed by atoms with Crippen molar-refractivity contribution in [2.45, 2.75) is 26.4 Å². The molecular weight excluding hydrogens is 357 g/mol. The molecule has 0 radical (unpaired) electrons. The zero-order valence-electron chi connectivity index (χ0n) is 15.2. The van der Waals surface area contributed by atoms with Crippen LogP contribution in [0.4, 0.5) is 13.2 Å². The van der Waals surface area contributed by atoms with Crippen molar-refractivity contribution in [3.63, 3.8) is 0 Å². The first kappa shape index (κ1) is 19.2. The number of pyridine rings is 1. The molecule has 0 bridgehead atoms. The fourth-order valence-electron chi connectivity index (χ4n) is 3.66. The summed E-state index contributed by atoms with van der Waals surface area (Å²) in [7, 11) is 0. The molecule has 2 unspecified atom stereocenters. The van der Waals surface area contributed by atoms with E-state index >= 15 is 0 Å². The number of amides is 1. The minimum atomic E-state index is -4.51. The van der Waals surface area contributed by atoms with Gasteiger partial charge >= 0.3 is 6.18 Å². The van der Waals surface area contributed by atoms with E-state index in [2.05, 4.69) is 13.8 Å². The number of benzene rings is 1. The number of piperidine rings is 1. The van der Waals surface area contributed by atoms with Gasteiger partial charge in [-0.15, -0.1) is 0 Å². The maximum atomic E-state index is 13.0. The van der Waals surface area contributed by atoms with Crippen LogP contribution in [-0.2, 0) is 6.18 Å². The minimum Gasteiger partial charge on any atom is -0.338 e. The molecule has 1 fully saturated rings. The largest absolute Gasteiger partial charge is 0.416 e. The zero-order valence-corrected chi connectivity index (χ0v) is 15.2. The average Bonchev–Trinajstić information content (AvgIpc) is 2.60. The molecule has 4 nitrogen and oxygen atoms in total. The molecular formula is C20H21F3N2O2. The summed E-state index contributed by atoms with van der Waals surface area (Å²) in [6, 6.07) is 7.15. The Balaban J connectivity index is 1.96. The molecule has 3 rings (SSSR count). The van der Waals surface area contributed by atoms with Crippen molar-refractivity contribution in [2.75, 3.05) is 13.1 Å². The van der Waals surface area contributed by atoms with Gasteiger partial charge in [0.1, 0.15) is 0 Å². The van der Waals surface area contributed by atoms with Gasteiger partial charge in [0.05, 0.1) is 11.1 Å². The molecule has 2 heterocycles. The third kappa shape index (κ3) is 4.23. The van der Waals surface area contributed by atoms with Crippen LogP contribution >= 0.6 is 0 Å². The molecule has 0 saturated carbocycles. The molecule has 144 valence electrons. The Hall–Kier alpha value is -2.57. The van der Waals surface area contributed by atoms with Crippen LogP contribution in [0, 0.1) is 11.8 Å². The van der Waals surface area contributed by atoms with Crippen molar-refractivity contribution in [3.8, 4) is 5.69 Å². The van der Waals surface area contributed by atoms with E-state index in [0.29, 0.717) is 24.9 Å². The van der Waals surface area contributed by atoms with Crippen LogP contribution in [-0.4, -0.2) is 28.5 Å². The van der Waals surface area contributed by atoms with Crippen molar-refractivity contribution in [3.05, 3.63) is 64.1 Å². The lowest BCUT2D eigenvalue weighted by molar-refractivity contribution is -0.137. The number of rotatable bonds is 2. The third-order valence-electron chi connectivity index (χ3n) is 4.77. The molecule has 0 N–H and O–H groups in total. The third-order valence-corrected chi connectivity index (χ3v) is 4.77. The number of halogens is 3. The molecule has 0 aliphatic carbocycles. The van der Waals surface area contributed by atoms with Crippen LogP contribution in [0.3, 0.4) is 0 Å². The first-order chi connectivity index (χ1) is 12.6. The molecule has 1 aliphatic heterocycles. The number of alkyl halides is 3. The number of aromatic nitrogens is 1. The van der Waals surface area contributed by atoms with Gasteiger partial charge in [0, 0.05) is 31.0 Å². The Morgan fingerprint density at radius 3 is 2.37 bits per heavy atom. The van der Waals surface area contributed by atoms with E-state index in [1.807, 2.05) is 0 Å². The highest BCUT2D eigenvalue weighted by Gasteiger charge is 2.31. The summed E-state index contributed by atoms with van der Waals surface area (Å²) < 4.78 is 40.0. The second-order valence-corrected chi connectivity index (χ2v) is 7.33. The molecule has 0 spiro atoms. The van der Waals surface area contributed by atoms with Gasteiger partial charge in [0.25, 0.3) is 11.5 Å². The molecule has 2 atom stereocenters. The zero-order chi connectivity index (χ0) is 19.8. The van der Waals surface area contributed by atoms with Crippen LogP contribution in [0.5, 0.6) is 0 Å². The van der Waals surface area contributed by atoms with Crippen LogP contribution in [0.2, 0.25) is 0 Å². The van der Waals surface area contributed by atoms with Crippen LogP contribution in [0.1, 0.15) is 36.2 Å². The Kier molecular flexibility index (Phi) is 5.13. The van der Waals surface area contributed by atoms with Crippen LogP contribution in [0.25, 0.3) is 5.69 Å². The maximum absolute atomic E-state index is 13.0. The number of carbonyl (C=O) groups is 1. The molecule has 1 aromatic heterocycles. The van der Waals surface area contributed by atoms with Gasteiger partial charge < -0.3 is 4.90 Å². The predicted octanol–water partition coefficient (Wildman–Crippen LogP) is 3.97. The summed E-state index contributed by atoms with van der Waals surface area (Å²) >= 11 is 0. The van der Waals surface area contributed by atoms with Gasteiger partial charge in [0.2, 0.25) is 0 Å². The first-order valence-corrected chi connectivity index (χ1v) is 8.85. The number of carbonyl (C=O) groups excluding carboxylic acids is 1. The van der Waals surface area contributed by atoms with Gasteiger partial charge in [-0.2, -0.15) is 13.2 Å². The second-order valence-electron chi connectivity index (χ2n) is 7.33. The van der Waals surface area contributed by atoms with E-state index in [4.69, 9.17) is 0 Å². The fourth-order valence-corrected chi connectivity index (χ4v) is 3.66. The van der Waals surface area contributed by atoms with Gasteiger partial charge in [-0.1, -0.05) is 19.9 Å². The number of hydrogen-bond donors (Lipinski definition) is 0. The Morgan fingerprint density at radius 2 is 1.74 bits per heavy atom. The van der Waals surface area contributed by atoms with E-state index in [-0.39, 0.29) is 17.2 Å². The molecule has 2 aromatic rings. The topological polar surface area (TPSA) is 42.3 Å². The normalized spacial score (nSPS) is 20.6. The number of likely N-dealkylation sites (tertiary alicyclic amines) is 1. The van der Waals surface area contributed by atoms with Crippen molar-refractivity contribution in [1.29, 1.82) is 0 Å². The summed E-state index contributed by atoms with van der Waals surface area (Å²) in [4.78, 5) is 26.8. The molecule has 1 aromatic carbocycles. The van der Waals surface area contributed by atoms with Gasteiger partial charge in [-0.25, -0.2) is 0 Å². The second kappa shape index (κ2) is 7.21. The van der Waals surface area contributed by atoms with Crippen molar-refractivity contribution in [1.82, 2.24) is 9.47 Å². The van der Waals surface area contributed by atoms with Crippen LogP contribution < -0.4 is 5.56 Å². The SMILES string of the molecule is CC1CC(C)CN(C(=O)c2ccc(=O)n(-c3cccc(C(F)(F)F)c3)c2)C1. The molecule has 1 aliphatic rings. The summed E-state index contributed by atoms with van der Waals surface area (Å²) in [5.41, 5.74) is -0.980. The summed E-state index contributed by atoms with van der Waals surface area (Å²) in [5.74, 6) is 0.549. The fraction of sp³-hybridized carbons (Fsp3) is 0.400.